The number of nitrogens with one attached hydrogen (secondary N) is 1. The molecule has 4 nitrogen and oxygen atoms in total. The van der Waals surface area contributed by atoms with Crippen LogP contribution in [-0.2, 0) is 0 Å². The highest BCUT2D eigenvalue weighted by atomic mass is 79.9. The zero-order valence-corrected chi connectivity index (χ0v) is 15.7. The lowest BCUT2D eigenvalue weighted by molar-refractivity contribution is 0.102. The summed E-state index contributed by atoms with van der Waals surface area (Å²) in [6.07, 6.45) is 0. The van der Waals surface area contributed by atoms with Gasteiger partial charge in [0, 0.05) is 14.9 Å². The van der Waals surface area contributed by atoms with E-state index in [9.17, 15) is 9.59 Å². The van der Waals surface area contributed by atoms with Gasteiger partial charge in [0.05, 0.1) is 11.1 Å². The van der Waals surface area contributed by atoms with E-state index in [0.29, 0.717) is 16.1 Å². The second-order valence-electron chi connectivity index (χ2n) is 5.05. The molecule has 0 saturated heterocycles. The zero-order valence-electron chi connectivity index (χ0n) is 12.5. The van der Waals surface area contributed by atoms with Crippen LogP contribution in [0.5, 0.6) is 0 Å². The first-order chi connectivity index (χ1) is 11.0. The van der Waals surface area contributed by atoms with Crippen LogP contribution in [0.15, 0.2) is 38.7 Å². The minimum absolute atomic E-state index is 0.00351. The highest BCUT2D eigenvalue weighted by molar-refractivity contribution is 9.10. The molecule has 0 aliphatic rings. The van der Waals surface area contributed by atoms with Crippen molar-refractivity contribution in [2.45, 2.75) is 19.0 Å². The topological polar surface area (TPSA) is 62.8 Å². The van der Waals surface area contributed by atoms with E-state index in [1.165, 1.54) is 23.1 Å². The number of halogens is 1. The van der Waals surface area contributed by atoms with E-state index in [1.54, 1.807) is 12.1 Å². The fraction of sp³-hybridized carbons (Fsp3) is 0.188. The molecular formula is C16H13BrN2O2S2. The monoisotopic (exact) mass is 408 g/mol. The van der Waals surface area contributed by atoms with Crippen LogP contribution in [-0.4, -0.2) is 21.5 Å². The van der Waals surface area contributed by atoms with Crippen LogP contribution in [0.25, 0.3) is 10.2 Å². The Kier molecular flexibility index (Phi) is 4.70. The first-order valence-electron chi connectivity index (χ1n) is 6.87. The molecule has 2 aromatic heterocycles. The molecule has 0 aliphatic heterocycles. The molecular weight excluding hydrogens is 396 g/mol. The lowest BCUT2D eigenvalue weighted by atomic mass is 10.2. The van der Waals surface area contributed by atoms with Gasteiger partial charge in [-0.05, 0) is 31.5 Å². The van der Waals surface area contributed by atoms with Crippen molar-refractivity contribution in [1.82, 2.24) is 9.97 Å². The number of benzene rings is 1. The van der Waals surface area contributed by atoms with E-state index in [2.05, 4.69) is 25.9 Å². The zero-order chi connectivity index (χ0) is 16.6. The van der Waals surface area contributed by atoms with Crippen LogP contribution in [0.1, 0.15) is 20.8 Å². The molecule has 0 atom stereocenters. The van der Waals surface area contributed by atoms with Gasteiger partial charge < -0.3 is 4.98 Å². The Morgan fingerprint density at radius 1 is 1.30 bits per heavy atom. The number of aryl methyl sites for hydroxylation is 2. The maximum absolute atomic E-state index is 12.2. The quantitative estimate of drug-likeness (QED) is 0.396. The maximum atomic E-state index is 12.2. The number of aromatic amines is 1. The highest BCUT2D eigenvalue weighted by Crippen LogP contribution is 2.27. The Morgan fingerprint density at radius 3 is 2.70 bits per heavy atom. The van der Waals surface area contributed by atoms with Crippen molar-refractivity contribution < 1.29 is 4.79 Å². The summed E-state index contributed by atoms with van der Waals surface area (Å²) in [7, 11) is 0. The second kappa shape index (κ2) is 6.59. The van der Waals surface area contributed by atoms with Gasteiger partial charge in [-0.1, -0.05) is 39.8 Å². The highest BCUT2D eigenvalue weighted by Gasteiger charge is 2.13. The number of nitrogens with zero attached hydrogens (tertiary/aromatic N) is 1. The van der Waals surface area contributed by atoms with Crippen molar-refractivity contribution in [1.29, 1.82) is 0 Å². The van der Waals surface area contributed by atoms with Crippen molar-refractivity contribution in [3.05, 3.63) is 55.1 Å². The predicted molar refractivity (Wildman–Crippen MR) is 98.9 cm³/mol. The number of H-pyrrole nitrogens is 1. The average molecular weight is 409 g/mol. The Bertz CT molecular complexity index is 945. The van der Waals surface area contributed by atoms with Crippen molar-refractivity contribution in [2.24, 2.45) is 0 Å². The van der Waals surface area contributed by atoms with Gasteiger partial charge in [-0.15, -0.1) is 11.3 Å². The molecule has 1 aromatic carbocycles. The summed E-state index contributed by atoms with van der Waals surface area (Å²) in [6, 6.07) is 7.22. The molecule has 3 rings (SSSR count). The lowest BCUT2D eigenvalue weighted by Crippen LogP contribution is -2.10. The normalized spacial score (nSPS) is 11.1. The number of thiophene rings is 1. The third kappa shape index (κ3) is 3.41. The number of ketones is 1. The lowest BCUT2D eigenvalue weighted by Gasteiger charge is -2.02. The summed E-state index contributed by atoms with van der Waals surface area (Å²) in [5.74, 6) is 0.239. The summed E-state index contributed by atoms with van der Waals surface area (Å²) in [5, 5.41) is 1.13. The van der Waals surface area contributed by atoms with Crippen LogP contribution < -0.4 is 5.56 Å². The number of aromatic nitrogens is 2. The van der Waals surface area contributed by atoms with Gasteiger partial charge in [-0.3, -0.25) is 9.59 Å². The number of hydrogen-bond acceptors (Lipinski definition) is 5. The molecule has 7 heteroatoms. The van der Waals surface area contributed by atoms with Gasteiger partial charge >= 0.3 is 0 Å². The minimum atomic E-state index is -0.143. The van der Waals surface area contributed by atoms with Crippen LogP contribution in [0, 0.1) is 13.8 Å². The Labute approximate surface area is 149 Å². The Balaban J connectivity index is 1.81. The maximum Gasteiger partial charge on any atom is 0.260 e. The number of carbonyl (C=O) groups is 1. The molecule has 0 fully saturated rings. The van der Waals surface area contributed by atoms with Gasteiger partial charge in [0.15, 0.2) is 10.9 Å². The molecule has 0 radical (unpaired) electrons. The first kappa shape index (κ1) is 16.4. The second-order valence-corrected chi connectivity index (χ2v) is 8.14. The van der Waals surface area contributed by atoms with Crippen LogP contribution >= 0.6 is 39.0 Å². The van der Waals surface area contributed by atoms with E-state index in [1.807, 2.05) is 26.0 Å². The number of thioether (sulfide) groups is 1. The summed E-state index contributed by atoms with van der Waals surface area (Å²) in [6.45, 7) is 3.90. The molecule has 0 aliphatic carbocycles. The average Bonchev–Trinajstić information content (AvgIpc) is 2.80. The van der Waals surface area contributed by atoms with E-state index >= 15 is 0 Å². The summed E-state index contributed by atoms with van der Waals surface area (Å²) >= 11 is 6.10. The molecule has 118 valence electrons. The molecule has 1 N–H and O–H groups in total. The van der Waals surface area contributed by atoms with Gasteiger partial charge in [0.1, 0.15) is 4.83 Å². The minimum Gasteiger partial charge on any atom is -0.301 e. The SMILES string of the molecule is Cc1sc2nc(SCC(=O)c3ccc(Br)cc3)[nH]c(=O)c2c1C. The van der Waals surface area contributed by atoms with E-state index in [-0.39, 0.29) is 17.1 Å². The van der Waals surface area contributed by atoms with Crippen LogP contribution in [0.3, 0.4) is 0 Å². The number of rotatable bonds is 4. The number of hydrogen-bond donors (Lipinski definition) is 1. The summed E-state index contributed by atoms with van der Waals surface area (Å²) < 4.78 is 0.932. The van der Waals surface area contributed by atoms with E-state index in [4.69, 9.17) is 0 Å². The van der Waals surface area contributed by atoms with Gasteiger partial charge in [0.2, 0.25) is 0 Å². The summed E-state index contributed by atoms with van der Waals surface area (Å²) in [5.41, 5.74) is 1.48. The van der Waals surface area contributed by atoms with Crippen molar-refractivity contribution >= 4 is 55.0 Å². The van der Waals surface area contributed by atoms with E-state index in [0.717, 1.165) is 19.7 Å². The fourth-order valence-corrected chi connectivity index (χ4v) is 4.26. The third-order valence-corrected chi connectivity index (χ3v) is 6.03. The van der Waals surface area contributed by atoms with Gasteiger partial charge in [-0.2, -0.15) is 0 Å². The third-order valence-electron chi connectivity index (χ3n) is 3.52. The van der Waals surface area contributed by atoms with Crippen LogP contribution in [0.4, 0.5) is 0 Å². The molecule has 0 bridgehead atoms. The molecule has 0 saturated carbocycles. The molecule has 0 unspecified atom stereocenters. The standard InChI is InChI=1S/C16H13BrN2O2S2/c1-8-9(2)23-15-13(8)14(21)18-16(19-15)22-7-12(20)10-3-5-11(17)6-4-10/h3-6H,7H2,1-2H3,(H,18,19,21). The Morgan fingerprint density at radius 2 is 2.00 bits per heavy atom. The van der Waals surface area contributed by atoms with Crippen molar-refractivity contribution in [2.75, 3.05) is 5.75 Å². The van der Waals surface area contributed by atoms with E-state index < -0.39 is 0 Å². The number of Topliss-reactive ketones (excluding diaryl/α,β-unsaturated/α-hetero) is 1. The molecule has 3 aromatic rings. The van der Waals surface area contributed by atoms with Gasteiger partial charge in [-0.25, -0.2) is 4.98 Å². The molecule has 23 heavy (non-hydrogen) atoms. The molecule has 0 spiro atoms. The molecule has 0 amide bonds. The largest absolute Gasteiger partial charge is 0.301 e. The summed E-state index contributed by atoms with van der Waals surface area (Å²) in [4.78, 5) is 33.4. The number of carbonyl (C=O) groups excluding carboxylic acids is 1. The molecule has 2 heterocycles. The predicted octanol–water partition coefficient (Wildman–Crippen LogP) is 4.34. The van der Waals surface area contributed by atoms with Gasteiger partial charge in [0.25, 0.3) is 5.56 Å². The van der Waals surface area contributed by atoms with Crippen molar-refractivity contribution in [3.8, 4) is 0 Å². The Hall–Kier alpha value is -1.44. The van der Waals surface area contributed by atoms with Crippen LogP contribution in [0.2, 0.25) is 0 Å². The first-order valence-corrected chi connectivity index (χ1v) is 9.47. The fourth-order valence-electron chi connectivity index (χ4n) is 2.16. The number of fused-ring (bicyclic) bond motifs is 1. The smallest absolute Gasteiger partial charge is 0.260 e. The van der Waals surface area contributed by atoms with Crippen molar-refractivity contribution in [3.63, 3.8) is 0 Å².